The fourth-order valence-electron chi connectivity index (χ4n) is 2.13. The Hall–Kier alpha value is -2.12. The number of ether oxygens (including phenoxy) is 2. The number of benzene rings is 1. The maximum absolute atomic E-state index is 13.1. The van der Waals surface area contributed by atoms with Crippen molar-refractivity contribution in [3.63, 3.8) is 0 Å². The van der Waals surface area contributed by atoms with Gasteiger partial charge in [0.25, 0.3) is 0 Å². The molecular weight excluding hydrogens is 403 g/mol. The van der Waals surface area contributed by atoms with Crippen LogP contribution < -0.4 is 4.74 Å². The minimum Gasteiger partial charge on any atom is -0.504 e. The monoisotopic (exact) mass is 419 g/mol. The summed E-state index contributed by atoms with van der Waals surface area (Å²) in [5.41, 5.74) is 0.00981. The second-order valence-electron chi connectivity index (χ2n) is 5.66. The number of hydrogen-bond acceptors (Lipinski definition) is 5. The molecule has 9 heteroatoms. The lowest BCUT2D eigenvalue weighted by Gasteiger charge is -2.15. The van der Waals surface area contributed by atoms with Crippen molar-refractivity contribution in [2.24, 2.45) is 0 Å². The fourth-order valence-corrected chi connectivity index (χ4v) is 2.51. The number of phenolic OH excluding ortho intramolecular Hbond substituents is 1. The molecule has 1 aromatic heterocycles. The molecule has 1 atom stereocenters. The summed E-state index contributed by atoms with van der Waals surface area (Å²) in [4.78, 5) is 15.6. The molecule has 0 fully saturated rings. The Morgan fingerprint density at radius 3 is 2.63 bits per heavy atom. The number of phenols is 1. The van der Waals surface area contributed by atoms with E-state index in [0.717, 1.165) is 12.3 Å². The molecule has 0 saturated carbocycles. The van der Waals surface area contributed by atoms with Crippen LogP contribution in [0.3, 0.4) is 0 Å². The Labute approximate surface area is 164 Å². The molecule has 0 saturated heterocycles. The number of carbonyl (C=O) groups is 1. The van der Waals surface area contributed by atoms with Crippen LogP contribution in [0.2, 0.25) is 5.02 Å². The van der Waals surface area contributed by atoms with Gasteiger partial charge in [0.2, 0.25) is 0 Å². The van der Waals surface area contributed by atoms with E-state index in [1.54, 1.807) is 0 Å². The fraction of sp³-hybridized carbons (Fsp3) is 0.333. The lowest BCUT2D eigenvalue weighted by Crippen LogP contribution is -2.26. The molecule has 0 bridgehead atoms. The number of nitrogens with zero attached hydrogens (tertiary/aromatic N) is 1. The number of pyridine rings is 1. The third-order valence-corrected chi connectivity index (χ3v) is 3.99. The molecule has 1 aromatic carbocycles. The molecule has 5 nitrogen and oxygen atoms in total. The van der Waals surface area contributed by atoms with Crippen LogP contribution in [0.25, 0.3) is 11.3 Å². The van der Waals surface area contributed by atoms with E-state index in [2.05, 4.69) is 4.98 Å². The lowest BCUT2D eigenvalue weighted by molar-refractivity contribution is -0.151. The van der Waals surface area contributed by atoms with Crippen molar-refractivity contribution in [2.75, 3.05) is 6.61 Å². The number of hydrogen-bond donors (Lipinski definition) is 1. The zero-order chi connectivity index (χ0) is 20.2. The number of carbonyl (C=O) groups excluding carboxylic acids is 1. The van der Waals surface area contributed by atoms with E-state index in [1.165, 1.54) is 25.1 Å². The number of esters is 1. The normalized spacial score (nSPS) is 12.5. The van der Waals surface area contributed by atoms with Crippen molar-refractivity contribution >= 4 is 29.2 Å². The Morgan fingerprint density at radius 2 is 2.07 bits per heavy atom. The predicted octanol–water partition coefficient (Wildman–Crippen LogP) is 5.12. The Balaban J connectivity index is 2.20. The van der Waals surface area contributed by atoms with Crippen LogP contribution in [0, 0.1) is 0 Å². The summed E-state index contributed by atoms with van der Waals surface area (Å²) < 4.78 is 36.6. The van der Waals surface area contributed by atoms with Crippen LogP contribution in [0.1, 0.15) is 25.8 Å². The highest BCUT2D eigenvalue weighted by atomic mass is 35.5. The van der Waals surface area contributed by atoms with Crippen molar-refractivity contribution in [1.82, 2.24) is 4.98 Å². The Bertz CT molecular complexity index is 827. The van der Waals surface area contributed by atoms with Gasteiger partial charge in [0.15, 0.2) is 17.6 Å². The van der Waals surface area contributed by atoms with Gasteiger partial charge in [-0.15, -0.1) is 0 Å². The predicted molar refractivity (Wildman–Crippen MR) is 97.4 cm³/mol. The van der Waals surface area contributed by atoms with E-state index in [1.807, 2.05) is 6.92 Å². The first kappa shape index (κ1) is 21.2. The topological polar surface area (TPSA) is 68.7 Å². The summed E-state index contributed by atoms with van der Waals surface area (Å²) in [5, 5.41) is 6.50. The summed E-state index contributed by atoms with van der Waals surface area (Å²) in [6.07, 6.45) is 0.669. The largest absolute Gasteiger partial charge is 0.504 e. The first-order valence-corrected chi connectivity index (χ1v) is 8.78. The average molecular weight is 420 g/mol. The second-order valence-corrected chi connectivity index (χ2v) is 6.54. The molecule has 1 N–H and O–H groups in total. The average Bonchev–Trinajstić information content (AvgIpc) is 2.60. The summed E-state index contributed by atoms with van der Waals surface area (Å²) in [6, 6.07) is 5.23. The van der Waals surface area contributed by atoms with Gasteiger partial charge >= 0.3 is 11.4 Å². The maximum Gasteiger partial charge on any atom is 0.349 e. The van der Waals surface area contributed by atoms with Gasteiger partial charge in [-0.1, -0.05) is 18.5 Å². The molecule has 0 aliphatic heterocycles. The van der Waals surface area contributed by atoms with Crippen molar-refractivity contribution in [2.45, 2.75) is 31.8 Å². The van der Waals surface area contributed by atoms with Gasteiger partial charge in [0.05, 0.1) is 22.9 Å². The molecule has 0 spiro atoms. The van der Waals surface area contributed by atoms with Gasteiger partial charge in [-0.05, 0) is 49.2 Å². The van der Waals surface area contributed by atoms with Crippen LogP contribution in [0.5, 0.6) is 11.5 Å². The highest BCUT2D eigenvalue weighted by Gasteiger charge is 2.29. The van der Waals surface area contributed by atoms with E-state index in [0.29, 0.717) is 12.0 Å². The van der Waals surface area contributed by atoms with Crippen LogP contribution in [0.15, 0.2) is 30.5 Å². The zero-order valence-corrected chi connectivity index (χ0v) is 16.0. The maximum atomic E-state index is 13.1. The van der Waals surface area contributed by atoms with Crippen molar-refractivity contribution in [3.8, 4) is 22.8 Å². The highest BCUT2D eigenvalue weighted by molar-refractivity contribution is 6.33. The molecule has 146 valence electrons. The lowest BCUT2D eigenvalue weighted by atomic mass is 10.1. The molecule has 0 amide bonds. The molecule has 2 aromatic rings. The molecule has 0 radical (unpaired) electrons. The first-order valence-electron chi connectivity index (χ1n) is 8.03. The van der Waals surface area contributed by atoms with Crippen LogP contribution in [-0.2, 0) is 14.9 Å². The van der Waals surface area contributed by atoms with Crippen LogP contribution in [0.4, 0.5) is 8.78 Å². The Kier molecular flexibility index (Phi) is 6.84. The van der Waals surface area contributed by atoms with Crippen molar-refractivity contribution in [3.05, 3.63) is 41.0 Å². The minimum atomic E-state index is -3.59. The standard InChI is InChI=1S/C18H17Cl2F2NO4/c1-3-6-26-17(25)10(2)27-15-5-4-11(7-14(15)24)16-13(19)8-12(9-23-16)18(20,21)22/h4-5,7-10,24H,3,6H2,1-2H3. The first-order chi connectivity index (χ1) is 12.6. The number of aromatic nitrogens is 1. The summed E-state index contributed by atoms with van der Waals surface area (Å²) >= 11 is 11.0. The number of halogens is 4. The van der Waals surface area contributed by atoms with Gasteiger partial charge in [-0.2, -0.15) is 8.78 Å². The number of rotatable bonds is 7. The van der Waals surface area contributed by atoms with Gasteiger partial charge in [0.1, 0.15) is 0 Å². The van der Waals surface area contributed by atoms with Crippen molar-refractivity contribution < 1.29 is 28.2 Å². The molecular formula is C18H17Cl2F2NO4. The molecule has 27 heavy (non-hydrogen) atoms. The van der Waals surface area contributed by atoms with E-state index in [9.17, 15) is 18.7 Å². The molecule has 0 aliphatic carbocycles. The third kappa shape index (κ3) is 5.43. The summed E-state index contributed by atoms with van der Waals surface area (Å²) in [5.74, 6) is -0.769. The molecule has 1 unspecified atom stereocenters. The van der Waals surface area contributed by atoms with E-state index < -0.39 is 23.0 Å². The summed E-state index contributed by atoms with van der Waals surface area (Å²) in [6.45, 7) is 3.64. The van der Waals surface area contributed by atoms with Crippen LogP contribution >= 0.6 is 23.2 Å². The smallest absolute Gasteiger partial charge is 0.349 e. The minimum absolute atomic E-state index is 0.0553. The summed E-state index contributed by atoms with van der Waals surface area (Å²) in [7, 11) is 0. The quantitative estimate of drug-likeness (QED) is 0.498. The van der Waals surface area contributed by atoms with E-state index in [-0.39, 0.29) is 28.8 Å². The SMILES string of the molecule is CCCOC(=O)C(C)Oc1ccc(-c2ncc(C(F)(F)Cl)cc2Cl)cc1O. The van der Waals surface area contributed by atoms with Crippen LogP contribution in [-0.4, -0.2) is 28.8 Å². The highest BCUT2D eigenvalue weighted by Crippen LogP contribution is 2.38. The second kappa shape index (κ2) is 8.71. The zero-order valence-electron chi connectivity index (χ0n) is 14.5. The van der Waals surface area contributed by atoms with Gasteiger partial charge < -0.3 is 14.6 Å². The Morgan fingerprint density at radius 1 is 1.37 bits per heavy atom. The van der Waals surface area contributed by atoms with Gasteiger partial charge in [-0.3, -0.25) is 4.98 Å². The molecule has 2 rings (SSSR count). The molecule has 1 heterocycles. The van der Waals surface area contributed by atoms with Gasteiger partial charge in [-0.25, -0.2) is 4.79 Å². The molecule has 0 aliphatic rings. The number of aromatic hydroxyl groups is 1. The third-order valence-electron chi connectivity index (χ3n) is 3.49. The van der Waals surface area contributed by atoms with Gasteiger partial charge in [0, 0.05) is 11.8 Å². The van der Waals surface area contributed by atoms with E-state index in [4.69, 9.17) is 32.7 Å². The van der Waals surface area contributed by atoms with Crippen molar-refractivity contribution in [1.29, 1.82) is 0 Å². The van der Waals surface area contributed by atoms with E-state index >= 15 is 0 Å². The number of alkyl halides is 3.